The first-order valence-corrected chi connectivity index (χ1v) is 4.85. The molecule has 72 valence electrons. The minimum atomic E-state index is 0.210. The molecule has 0 radical (unpaired) electrons. The van der Waals surface area contributed by atoms with Gasteiger partial charge in [-0.05, 0) is 32.2 Å². The maximum Gasteiger partial charge on any atom is 0.0582 e. The fourth-order valence-electron chi connectivity index (χ4n) is 1.96. The third kappa shape index (κ3) is 2.44. The molecule has 12 heavy (non-hydrogen) atoms. The van der Waals surface area contributed by atoms with Crippen molar-refractivity contribution in [3.8, 4) is 0 Å². The van der Waals surface area contributed by atoms with Crippen LogP contribution in [0.5, 0.6) is 0 Å². The molecule has 3 nitrogen and oxygen atoms in total. The molecule has 0 heterocycles. The number of nitrogens with one attached hydrogen (secondary N) is 1. The standard InChI is InChI=1S/C9H20N2O/c1-7(6-12)11-9-4-2-3-8(9)5-10/h7-9,11-12H,2-6,10H2,1H3/t7-,8?,9?/m1/s1. The van der Waals surface area contributed by atoms with Crippen LogP contribution in [0.15, 0.2) is 0 Å². The minimum absolute atomic E-state index is 0.210. The zero-order valence-electron chi connectivity index (χ0n) is 7.79. The average Bonchev–Trinajstić information content (AvgIpc) is 2.51. The highest BCUT2D eigenvalue weighted by atomic mass is 16.3. The second-order valence-corrected chi connectivity index (χ2v) is 3.78. The molecule has 0 amide bonds. The topological polar surface area (TPSA) is 58.3 Å². The summed E-state index contributed by atoms with van der Waals surface area (Å²) in [6.45, 7) is 3.00. The van der Waals surface area contributed by atoms with E-state index in [1.165, 1.54) is 19.3 Å². The molecule has 0 aromatic heterocycles. The van der Waals surface area contributed by atoms with Crippen LogP contribution in [0.3, 0.4) is 0 Å². The lowest BCUT2D eigenvalue weighted by atomic mass is 10.0. The highest BCUT2D eigenvalue weighted by Gasteiger charge is 2.26. The Bertz CT molecular complexity index is 130. The second-order valence-electron chi connectivity index (χ2n) is 3.78. The van der Waals surface area contributed by atoms with Crippen molar-refractivity contribution in [1.29, 1.82) is 0 Å². The van der Waals surface area contributed by atoms with E-state index >= 15 is 0 Å². The van der Waals surface area contributed by atoms with Crippen molar-refractivity contribution in [3.63, 3.8) is 0 Å². The molecular formula is C9H20N2O. The molecule has 1 aliphatic carbocycles. The third-order valence-electron chi connectivity index (χ3n) is 2.73. The van der Waals surface area contributed by atoms with Crippen molar-refractivity contribution in [2.75, 3.05) is 13.2 Å². The smallest absolute Gasteiger partial charge is 0.0582 e. The Morgan fingerprint density at radius 1 is 1.58 bits per heavy atom. The Morgan fingerprint density at radius 2 is 2.33 bits per heavy atom. The fraction of sp³-hybridized carbons (Fsp3) is 1.00. The number of aliphatic hydroxyl groups is 1. The second kappa shape index (κ2) is 4.80. The molecule has 1 saturated carbocycles. The Morgan fingerprint density at radius 3 is 2.92 bits per heavy atom. The molecule has 4 N–H and O–H groups in total. The zero-order valence-corrected chi connectivity index (χ0v) is 7.79. The summed E-state index contributed by atoms with van der Waals surface area (Å²) in [4.78, 5) is 0. The summed E-state index contributed by atoms with van der Waals surface area (Å²) >= 11 is 0. The van der Waals surface area contributed by atoms with Gasteiger partial charge in [0.05, 0.1) is 6.61 Å². The summed E-state index contributed by atoms with van der Waals surface area (Å²) < 4.78 is 0. The van der Waals surface area contributed by atoms with Gasteiger partial charge in [-0.25, -0.2) is 0 Å². The van der Waals surface area contributed by atoms with Gasteiger partial charge in [0, 0.05) is 12.1 Å². The van der Waals surface area contributed by atoms with Crippen molar-refractivity contribution in [1.82, 2.24) is 5.32 Å². The first-order chi connectivity index (χ1) is 5.77. The molecular weight excluding hydrogens is 152 g/mol. The molecule has 0 spiro atoms. The first-order valence-electron chi connectivity index (χ1n) is 4.85. The van der Waals surface area contributed by atoms with Gasteiger partial charge in [-0.2, -0.15) is 0 Å². The summed E-state index contributed by atoms with van der Waals surface area (Å²) in [5, 5.41) is 12.3. The average molecular weight is 172 g/mol. The van der Waals surface area contributed by atoms with Gasteiger partial charge in [-0.3, -0.25) is 0 Å². The van der Waals surface area contributed by atoms with Crippen molar-refractivity contribution in [2.45, 2.75) is 38.3 Å². The van der Waals surface area contributed by atoms with Crippen LogP contribution in [0.2, 0.25) is 0 Å². The molecule has 1 aliphatic rings. The van der Waals surface area contributed by atoms with Crippen LogP contribution in [0.1, 0.15) is 26.2 Å². The summed E-state index contributed by atoms with van der Waals surface area (Å²) in [5.41, 5.74) is 5.64. The SMILES string of the molecule is C[C@H](CO)NC1CCCC1CN. The normalized spacial score (nSPS) is 32.2. The van der Waals surface area contributed by atoms with E-state index in [9.17, 15) is 0 Å². The van der Waals surface area contributed by atoms with Crippen LogP contribution in [-0.4, -0.2) is 30.3 Å². The summed E-state index contributed by atoms with van der Waals surface area (Å²) in [6, 6.07) is 0.749. The van der Waals surface area contributed by atoms with Crippen molar-refractivity contribution in [3.05, 3.63) is 0 Å². The maximum atomic E-state index is 8.86. The van der Waals surface area contributed by atoms with E-state index < -0.39 is 0 Å². The summed E-state index contributed by atoms with van der Waals surface area (Å²) in [5.74, 6) is 0.624. The van der Waals surface area contributed by atoms with Crippen molar-refractivity contribution >= 4 is 0 Å². The number of nitrogens with two attached hydrogens (primary N) is 1. The molecule has 0 saturated heterocycles. The van der Waals surface area contributed by atoms with Crippen molar-refractivity contribution < 1.29 is 5.11 Å². The monoisotopic (exact) mass is 172 g/mol. The Hall–Kier alpha value is -0.120. The molecule has 3 atom stereocenters. The predicted octanol–water partition coefficient (Wildman–Crippen LogP) is 0.0842. The molecule has 0 bridgehead atoms. The van der Waals surface area contributed by atoms with Crippen LogP contribution >= 0.6 is 0 Å². The lowest BCUT2D eigenvalue weighted by Crippen LogP contribution is -2.42. The quantitative estimate of drug-likeness (QED) is 0.563. The van der Waals surface area contributed by atoms with Crippen molar-refractivity contribution in [2.24, 2.45) is 11.7 Å². The lowest BCUT2D eigenvalue weighted by molar-refractivity contribution is 0.231. The van der Waals surface area contributed by atoms with E-state index in [1.54, 1.807) is 0 Å². The lowest BCUT2D eigenvalue weighted by Gasteiger charge is -2.22. The highest BCUT2D eigenvalue weighted by Crippen LogP contribution is 2.24. The summed E-state index contributed by atoms with van der Waals surface area (Å²) in [7, 11) is 0. The zero-order chi connectivity index (χ0) is 8.97. The molecule has 0 aromatic rings. The molecule has 1 fully saturated rings. The van der Waals surface area contributed by atoms with Gasteiger partial charge in [0.1, 0.15) is 0 Å². The van der Waals surface area contributed by atoms with E-state index in [-0.39, 0.29) is 12.6 Å². The van der Waals surface area contributed by atoms with Gasteiger partial charge < -0.3 is 16.2 Å². The molecule has 3 heteroatoms. The predicted molar refractivity (Wildman–Crippen MR) is 49.9 cm³/mol. The Balaban J connectivity index is 2.30. The third-order valence-corrected chi connectivity index (χ3v) is 2.73. The Labute approximate surface area is 74.3 Å². The minimum Gasteiger partial charge on any atom is -0.395 e. The number of hydrogen-bond acceptors (Lipinski definition) is 3. The number of hydrogen-bond donors (Lipinski definition) is 3. The van der Waals surface area contributed by atoms with Crippen LogP contribution in [-0.2, 0) is 0 Å². The summed E-state index contributed by atoms with van der Waals surface area (Å²) in [6.07, 6.45) is 3.73. The van der Waals surface area contributed by atoms with Crippen LogP contribution < -0.4 is 11.1 Å². The van der Waals surface area contributed by atoms with E-state index in [1.807, 2.05) is 6.92 Å². The molecule has 0 aromatic carbocycles. The van der Waals surface area contributed by atoms with Crippen LogP contribution in [0.25, 0.3) is 0 Å². The van der Waals surface area contributed by atoms with Gasteiger partial charge in [0.25, 0.3) is 0 Å². The van der Waals surface area contributed by atoms with Gasteiger partial charge in [-0.1, -0.05) is 6.42 Å². The van der Waals surface area contributed by atoms with E-state index in [0.29, 0.717) is 12.0 Å². The van der Waals surface area contributed by atoms with Gasteiger partial charge in [0.2, 0.25) is 0 Å². The largest absolute Gasteiger partial charge is 0.395 e. The number of rotatable bonds is 4. The van der Waals surface area contributed by atoms with E-state index in [4.69, 9.17) is 10.8 Å². The van der Waals surface area contributed by atoms with Gasteiger partial charge in [0.15, 0.2) is 0 Å². The van der Waals surface area contributed by atoms with Gasteiger partial charge >= 0.3 is 0 Å². The van der Waals surface area contributed by atoms with E-state index in [0.717, 1.165) is 6.54 Å². The van der Waals surface area contributed by atoms with Gasteiger partial charge in [-0.15, -0.1) is 0 Å². The molecule has 0 aliphatic heterocycles. The van der Waals surface area contributed by atoms with Crippen LogP contribution in [0, 0.1) is 5.92 Å². The highest BCUT2D eigenvalue weighted by molar-refractivity contribution is 4.85. The molecule has 2 unspecified atom stereocenters. The molecule has 1 rings (SSSR count). The van der Waals surface area contributed by atoms with E-state index in [2.05, 4.69) is 5.32 Å². The first kappa shape index (κ1) is 9.96. The number of aliphatic hydroxyl groups excluding tert-OH is 1. The van der Waals surface area contributed by atoms with Crippen LogP contribution in [0.4, 0.5) is 0 Å². The Kier molecular flexibility index (Phi) is 3.98. The maximum absolute atomic E-state index is 8.86. The fourth-order valence-corrected chi connectivity index (χ4v) is 1.96.